The van der Waals surface area contributed by atoms with Gasteiger partial charge in [-0.15, -0.1) is 0 Å². The summed E-state index contributed by atoms with van der Waals surface area (Å²) in [4.78, 5) is 20.8. The molecule has 39 heavy (non-hydrogen) atoms. The van der Waals surface area contributed by atoms with Gasteiger partial charge >= 0.3 is 0 Å². The Morgan fingerprint density at radius 3 is 2.05 bits per heavy atom. The highest BCUT2D eigenvalue weighted by molar-refractivity contribution is 7.93. The van der Waals surface area contributed by atoms with E-state index >= 15 is 0 Å². The highest BCUT2D eigenvalue weighted by Gasteiger charge is 2.28. The van der Waals surface area contributed by atoms with E-state index in [1.165, 1.54) is 48.8 Å². The van der Waals surface area contributed by atoms with E-state index in [1.807, 2.05) is 19.9 Å². The van der Waals surface area contributed by atoms with Crippen molar-refractivity contribution in [2.75, 3.05) is 20.9 Å². The van der Waals surface area contributed by atoms with Crippen molar-refractivity contribution in [1.82, 2.24) is 9.97 Å². The lowest BCUT2D eigenvalue weighted by molar-refractivity contribution is -0.114. The molecule has 2 N–H and O–H groups in total. The maximum absolute atomic E-state index is 13.7. The van der Waals surface area contributed by atoms with Crippen molar-refractivity contribution in [2.24, 2.45) is 0 Å². The summed E-state index contributed by atoms with van der Waals surface area (Å²) in [5.41, 5.74) is 3.20. The van der Waals surface area contributed by atoms with E-state index in [9.17, 15) is 21.6 Å². The van der Waals surface area contributed by atoms with Crippen LogP contribution in [0.2, 0.25) is 0 Å². The molecule has 10 nitrogen and oxygen atoms in total. The first-order valence-corrected chi connectivity index (χ1v) is 14.7. The molecule has 202 valence electrons. The van der Waals surface area contributed by atoms with Gasteiger partial charge in [0.15, 0.2) is 0 Å². The summed E-state index contributed by atoms with van der Waals surface area (Å²) in [6.07, 6.45) is 2.81. The van der Waals surface area contributed by atoms with E-state index in [1.54, 1.807) is 37.3 Å². The summed E-state index contributed by atoms with van der Waals surface area (Å²) < 4.78 is 55.9. The fraction of sp³-hybridized carbons (Fsp3) is 0.148. The second-order valence-corrected chi connectivity index (χ2v) is 12.3. The molecule has 0 aliphatic carbocycles. The molecule has 4 rings (SSSR count). The molecule has 0 saturated carbocycles. The van der Waals surface area contributed by atoms with Gasteiger partial charge in [-0.3, -0.25) is 9.10 Å². The van der Waals surface area contributed by atoms with Crippen LogP contribution in [0.3, 0.4) is 0 Å². The Hall–Kier alpha value is -4.29. The predicted octanol–water partition coefficient (Wildman–Crippen LogP) is 4.04. The van der Waals surface area contributed by atoms with Gasteiger partial charge in [0.2, 0.25) is 11.9 Å². The number of aromatic nitrogens is 2. The largest absolute Gasteiger partial charge is 0.325 e. The van der Waals surface area contributed by atoms with Crippen molar-refractivity contribution in [3.63, 3.8) is 0 Å². The van der Waals surface area contributed by atoms with Gasteiger partial charge < -0.3 is 5.32 Å². The lowest BCUT2D eigenvalue weighted by Gasteiger charge is -2.26. The smallest absolute Gasteiger partial charge is 0.264 e. The average molecular weight is 566 g/mol. The normalized spacial score (nSPS) is 11.6. The Morgan fingerprint density at radius 1 is 0.795 bits per heavy atom. The van der Waals surface area contributed by atoms with Gasteiger partial charge in [-0.05, 0) is 80.4 Å². The molecule has 4 aromatic rings. The summed E-state index contributed by atoms with van der Waals surface area (Å²) in [6, 6.07) is 18.7. The van der Waals surface area contributed by atoms with Crippen LogP contribution in [0.25, 0.3) is 0 Å². The Balaban J connectivity index is 1.57. The maximum atomic E-state index is 13.7. The van der Waals surface area contributed by atoms with Crippen LogP contribution < -0.4 is 14.3 Å². The van der Waals surface area contributed by atoms with Gasteiger partial charge in [0.1, 0.15) is 6.54 Å². The fourth-order valence-corrected chi connectivity index (χ4v) is 6.16. The van der Waals surface area contributed by atoms with Crippen LogP contribution in [0.15, 0.2) is 95.0 Å². The third-order valence-corrected chi connectivity index (χ3v) is 9.10. The highest BCUT2D eigenvalue weighted by Crippen LogP contribution is 2.29. The molecule has 0 saturated heterocycles. The number of amides is 1. The molecule has 0 spiro atoms. The third kappa shape index (κ3) is 6.41. The second kappa shape index (κ2) is 11.2. The monoisotopic (exact) mass is 565 g/mol. The zero-order valence-electron chi connectivity index (χ0n) is 21.5. The van der Waals surface area contributed by atoms with Crippen molar-refractivity contribution >= 4 is 43.3 Å². The van der Waals surface area contributed by atoms with Crippen LogP contribution in [0.4, 0.5) is 17.3 Å². The molecule has 0 unspecified atom stereocenters. The summed E-state index contributed by atoms with van der Waals surface area (Å²) in [5, 5.41) is 2.65. The number of rotatable bonds is 9. The lowest BCUT2D eigenvalue weighted by atomic mass is 10.1. The van der Waals surface area contributed by atoms with Crippen molar-refractivity contribution in [1.29, 1.82) is 0 Å². The zero-order chi connectivity index (χ0) is 28.2. The van der Waals surface area contributed by atoms with E-state index in [2.05, 4.69) is 20.0 Å². The van der Waals surface area contributed by atoms with Crippen LogP contribution in [0, 0.1) is 20.8 Å². The van der Waals surface area contributed by atoms with Crippen molar-refractivity contribution in [3.05, 3.63) is 102 Å². The Labute approximate surface area is 227 Å². The number of nitrogens with one attached hydrogen (secondary N) is 2. The molecular formula is C27H27N5O5S2. The van der Waals surface area contributed by atoms with Gasteiger partial charge in [0.25, 0.3) is 20.0 Å². The number of hydrogen-bond acceptors (Lipinski definition) is 7. The molecule has 1 amide bonds. The molecule has 0 atom stereocenters. The topological polar surface area (TPSA) is 138 Å². The van der Waals surface area contributed by atoms with Crippen LogP contribution in [0.1, 0.15) is 16.7 Å². The molecular weight excluding hydrogens is 538 g/mol. The van der Waals surface area contributed by atoms with E-state index in [0.717, 1.165) is 21.0 Å². The number of anilines is 3. The van der Waals surface area contributed by atoms with E-state index in [4.69, 9.17) is 0 Å². The first-order valence-electron chi connectivity index (χ1n) is 11.8. The van der Waals surface area contributed by atoms with Crippen molar-refractivity contribution < 1.29 is 21.6 Å². The van der Waals surface area contributed by atoms with Crippen molar-refractivity contribution in [2.45, 2.75) is 30.6 Å². The fourth-order valence-electron chi connectivity index (χ4n) is 3.72. The van der Waals surface area contributed by atoms with Gasteiger partial charge in [0, 0.05) is 18.1 Å². The molecule has 0 radical (unpaired) electrons. The van der Waals surface area contributed by atoms with E-state index < -0.39 is 32.5 Å². The average Bonchev–Trinajstić information content (AvgIpc) is 2.90. The lowest BCUT2D eigenvalue weighted by Crippen LogP contribution is -2.38. The quantitative estimate of drug-likeness (QED) is 0.312. The molecule has 1 aromatic heterocycles. The standard InChI is InChI=1S/C27H27N5O5S2/c1-19-8-12-24(13-9-19)39(36,37)32(25-7-4-6-20(2)21(25)3)18-26(33)30-22-10-14-23(15-11-22)38(34,35)31-27-28-16-5-17-29-27/h4-17H,18H2,1-3H3,(H,30,33)(H,28,29,31). The Morgan fingerprint density at radius 2 is 1.41 bits per heavy atom. The van der Waals surface area contributed by atoms with Gasteiger partial charge in [-0.1, -0.05) is 29.8 Å². The SMILES string of the molecule is Cc1ccc(S(=O)(=O)N(CC(=O)Nc2ccc(S(=O)(=O)Nc3ncccn3)cc2)c2cccc(C)c2C)cc1. The third-order valence-electron chi connectivity index (χ3n) is 5.98. The van der Waals surface area contributed by atoms with Crippen LogP contribution in [-0.2, 0) is 24.8 Å². The van der Waals surface area contributed by atoms with Crippen LogP contribution in [0.5, 0.6) is 0 Å². The van der Waals surface area contributed by atoms with E-state index in [-0.39, 0.29) is 15.7 Å². The van der Waals surface area contributed by atoms with Crippen LogP contribution >= 0.6 is 0 Å². The number of carbonyl (C=O) groups excluding carboxylic acids is 1. The molecule has 0 aliphatic rings. The summed E-state index contributed by atoms with van der Waals surface area (Å²) in [5.74, 6) is -0.672. The highest BCUT2D eigenvalue weighted by atomic mass is 32.2. The minimum atomic E-state index is -4.08. The number of aryl methyl sites for hydroxylation is 2. The van der Waals surface area contributed by atoms with Gasteiger partial charge in [0.05, 0.1) is 15.5 Å². The minimum Gasteiger partial charge on any atom is -0.325 e. The van der Waals surface area contributed by atoms with Gasteiger partial charge in [-0.2, -0.15) is 0 Å². The molecule has 12 heteroatoms. The summed E-state index contributed by atoms with van der Waals surface area (Å²) in [6.45, 7) is 5.03. The number of nitrogens with zero attached hydrogens (tertiary/aromatic N) is 3. The minimum absolute atomic E-state index is 0.0614. The second-order valence-electron chi connectivity index (χ2n) is 8.79. The van der Waals surface area contributed by atoms with Crippen molar-refractivity contribution in [3.8, 4) is 0 Å². The summed E-state index contributed by atoms with van der Waals surface area (Å²) >= 11 is 0. The Bertz CT molecular complexity index is 1690. The first kappa shape index (κ1) is 27.7. The molecule has 0 aliphatic heterocycles. The first-order chi connectivity index (χ1) is 18.5. The molecule has 3 aromatic carbocycles. The Kier molecular flexibility index (Phi) is 7.98. The number of sulfonamides is 2. The number of benzene rings is 3. The number of carbonyl (C=O) groups is 1. The van der Waals surface area contributed by atoms with Crippen LogP contribution in [-0.4, -0.2) is 39.3 Å². The maximum Gasteiger partial charge on any atom is 0.264 e. The molecule has 0 bridgehead atoms. The van der Waals surface area contributed by atoms with E-state index in [0.29, 0.717) is 11.4 Å². The van der Waals surface area contributed by atoms with Gasteiger partial charge in [-0.25, -0.2) is 31.5 Å². The predicted molar refractivity (Wildman–Crippen MR) is 150 cm³/mol. The molecule has 1 heterocycles. The zero-order valence-corrected chi connectivity index (χ0v) is 23.1. The molecule has 0 fully saturated rings. The number of hydrogen-bond donors (Lipinski definition) is 2. The summed E-state index contributed by atoms with van der Waals surface area (Å²) in [7, 11) is -8.03.